The lowest BCUT2D eigenvalue weighted by Crippen LogP contribution is -2.04. The highest BCUT2D eigenvalue weighted by atomic mass is 19.2. The van der Waals surface area contributed by atoms with Crippen molar-refractivity contribution < 1.29 is 13.2 Å². The molecular weight excluding hydrogens is 267 g/mol. The number of rotatable bonds is 5. The number of nitrogens with zero attached hydrogens (tertiary/aromatic N) is 1. The molecule has 106 valence electrons. The van der Waals surface area contributed by atoms with Crippen molar-refractivity contribution in [3.05, 3.63) is 47.8 Å². The maximum absolute atomic E-state index is 13.5. The molecule has 1 aromatic carbocycles. The molecule has 0 saturated heterocycles. The normalized spacial score (nSPS) is 10.4. The van der Waals surface area contributed by atoms with Crippen LogP contribution in [0.5, 0.6) is 0 Å². The van der Waals surface area contributed by atoms with Crippen molar-refractivity contribution in [2.75, 3.05) is 17.2 Å². The van der Waals surface area contributed by atoms with Gasteiger partial charge in [0.1, 0.15) is 17.5 Å². The van der Waals surface area contributed by atoms with Crippen LogP contribution in [0.3, 0.4) is 0 Å². The molecule has 0 bridgehead atoms. The van der Waals surface area contributed by atoms with E-state index in [1.54, 1.807) is 18.2 Å². The quantitative estimate of drug-likeness (QED) is 0.811. The smallest absolute Gasteiger partial charge is 0.182 e. The summed E-state index contributed by atoms with van der Waals surface area (Å²) in [4.78, 5) is 4.17. The van der Waals surface area contributed by atoms with Crippen LogP contribution in [-0.2, 0) is 0 Å². The van der Waals surface area contributed by atoms with Crippen molar-refractivity contribution in [2.24, 2.45) is 0 Å². The summed E-state index contributed by atoms with van der Waals surface area (Å²) in [6.07, 6.45) is 0.934. The van der Waals surface area contributed by atoms with Crippen LogP contribution in [0.1, 0.15) is 13.3 Å². The van der Waals surface area contributed by atoms with E-state index in [0.717, 1.165) is 19.0 Å². The van der Waals surface area contributed by atoms with Crippen molar-refractivity contribution in [1.82, 2.24) is 4.98 Å². The highest BCUT2D eigenvalue weighted by Crippen LogP contribution is 2.23. The first-order valence-electron chi connectivity index (χ1n) is 6.22. The number of nitrogens with one attached hydrogen (secondary N) is 2. The molecule has 0 atom stereocenters. The van der Waals surface area contributed by atoms with E-state index >= 15 is 0 Å². The van der Waals surface area contributed by atoms with Gasteiger partial charge in [0.15, 0.2) is 11.6 Å². The van der Waals surface area contributed by atoms with Crippen LogP contribution in [0.2, 0.25) is 0 Å². The Kier molecular flexibility index (Phi) is 4.45. The van der Waals surface area contributed by atoms with E-state index in [1.165, 1.54) is 0 Å². The van der Waals surface area contributed by atoms with Crippen molar-refractivity contribution in [3.8, 4) is 0 Å². The Bertz CT molecular complexity index is 602. The summed E-state index contributed by atoms with van der Waals surface area (Å²) in [6, 6.07) is 6.42. The number of halogens is 3. The van der Waals surface area contributed by atoms with Crippen LogP contribution in [0.4, 0.5) is 30.5 Å². The minimum absolute atomic E-state index is 0.289. The SMILES string of the molecule is CCCNc1cccc(Nc2cc(F)cc(F)c2F)n1. The third-order valence-corrected chi connectivity index (χ3v) is 2.56. The molecule has 0 aliphatic heterocycles. The average Bonchev–Trinajstić information content (AvgIpc) is 2.42. The number of aromatic nitrogens is 1. The largest absolute Gasteiger partial charge is 0.370 e. The van der Waals surface area contributed by atoms with Crippen LogP contribution >= 0.6 is 0 Å². The first-order valence-corrected chi connectivity index (χ1v) is 6.22. The molecule has 1 heterocycles. The van der Waals surface area contributed by atoms with Gasteiger partial charge in [-0.2, -0.15) is 0 Å². The first-order chi connectivity index (χ1) is 9.60. The van der Waals surface area contributed by atoms with Gasteiger partial charge in [-0.15, -0.1) is 0 Å². The Morgan fingerprint density at radius 1 is 1.10 bits per heavy atom. The monoisotopic (exact) mass is 281 g/mol. The minimum atomic E-state index is -1.24. The molecule has 0 radical (unpaired) electrons. The predicted molar refractivity (Wildman–Crippen MR) is 72.6 cm³/mol. The van der Waals surface area contributed by atoms with E-state index in [1.807, 2.05) is 6.92 Å². The molecule has 6 heteroatoms. The molecule has 0 aliphatic carbocycles. The molecule has 0 spiro atoms. The molecule has 0 saturated carbocycles. The second-order valence-corrected chi connectivity index (χ2v) is 4.21. The minimum Gasteiger partial charge on any atom is -0.370 e. The van der Waals surface area contributed by atoms with E-state index in [4.69, 9.17) is 0 Å². The second-order valence-electron chi connectivity index (χ2n) is 4.21. The summed E-state index contributed by atoms with van der Waals surface area (Å²) in [5.41, 5.74) is -0.289. The number of hydrogen-bond donors (Lipinski definition) is 2. The number of benzene rings is 1. The van der Waals surface area contributed by atoms with E-state index in [-0.39, 0.29) is 5.69 Å². The fourth-order valence-electron chi connectivity index (χ4n) is 1.64. The molecular formula is C14H14F3N3. The van der Waals surface area contributed by atoms with Gasteiger partial charge in [0.25, 0.3) is 0 Å². The molecule has 1 aromatic heterocycles. The second kappa shape index (κ2) is 6.27. The van der Waals surface area contributed by atoms with Crippen molar-refractivity contribution >= 4 is 17.3 Å². The third-order valence-electron chi connectivity index (χ3n) is 2.56. The van der Waals surface area contributed by atoms with Crippen LogP contribution in [0.15, 0.2) is 30.3 Å². The topological polar surface area (TPSA) is 37.0 Å². The van der Waals surface area contributed by atoms with Gasteiger partial charge in [0.05, 0.1) is 5.69 Å². The number of hydrogen-bond acceptors (Lipinski definition) is 3. The summed E-state index contributed by atoms with van der Waals surface area (Å²) in [5.74, 6) is -2.33. The predicted octanol–water partition coefficient (Wildman–Crippen LogP) is 4.06. The Morgan fingerprint density at radius 2 is 1.85 bits per heavy atom. The zero-order valence-electron chi connectivity index (χ0n) is 10.9. The first kappa shape index (κ1) is 14.2. The molecule has 0 amide bonds. The standard InChI is InChI=1S/C14H14F3N3/c1-2-6-18-12-4-3-5-13(20-12)19-11-8-9(15)7-10(16)14(11)17/h3-5,7-8H,2,6H2,1H3,(H2,18,19,20). The molecule has 2 aromatic rings. The van der Waals surface area contributed by atoms with Crippen LogP contribution in [0.25, 0.3) is 0 Å². The van der Waals surface area contributed by atoms with Crippen LogP contribution < -0.4 is 10.6 Å². The Morgan fingerprint density at radius 3 is 2.60 bits per heavy atom. The van der Waals surface area contributed by atoms with Crippen LogP contribution in [0, 0.1) is 17.5 Å². The average molecular weight is 281 g/mol. The summed E-state index contributed by atoms with van der Waals surface area (Å²) in [7, 11) is 0. The lowest BCUT2D eigenvalue weighted by molar-refractivity contribution is 0.498. The Labute approximate surface area is 114 Å². The zero-order valence-corrected chi connectivity index (χ0v) is 10.9. The molecule has 2 rings (SSSR count). The van der Waals surface area contributed by atoms with Gasteiger partial charge < -0.3 is 10.6 Å². The molecule has 3 nitrogen and oxygen atoms in total. The highest BCUT2D eigenvalue weighted by Gasteiger charge is 2.11. The van der Waals surface area contributed by atoms with Gasteiger partial charge in [-0.25, -0.2) is 18.2 Å². The van der Waals surface area contributed by atoms with Crippen molar-refractivity contribution in [3.63, 3.8) is 0 Å². The highest BCUT2D eigenvalue weighted by molar-refractivity contribution is 5.58. The lowest BCUT2D eigenvalue weighted by Gasteiger charge is -2.10. The van der Waals surface area contributed by atoms with E-state index in [2.05, 4.69) is 15.6 Å². The zero-order chi connectivity index (χ0) is 14.5. The maximum atomic E-state index is 13.5. The lowest BCUT2D eigenvalue weighted by atomic mass is 10.2. The van der Waals surface area contributed by atoms with Crippen molar-refractivity contribution in [1.29, 1.82) is 0 Å². The van der Waals surface area contributed by atoms with Gasteiger partial charge in [0.2, 0.25) is 0 Å². The van der Waals surface area contributed by atoms with E-state index in [9.17, 15) is 13.2 Å². The number of pyridine rings is 1. The molecule has 0 aliphatic rings. The summed E-state index contributed by atoms with van der Waals surface area (Å²) in [5, 5.41) is 5.63. The number of anilines is 3. The summed E-state index contributed by atoms with van der Waals surface area (Å²) < 4.78 is 39.7. The summed E-state index contributed by atoms with van der Waals surface area (Å²) >= 11 is 0. The van der Waals surface area contributed by atoms with Gasteiger partial charge in [-0.1, -0.05) is 13.0 Å². The fraction of sp³-hybridized carbons (Fsp3) is 0.214. The Balaban J connectivity index is 2.21. The molecule has 0 fully saturated rings. The molecule has 20 heavy (non-hydrogen) atoms. The van der Waals surface area contributed by atoms with Gasteiger partial charge >= 0.3 is 0 Å². The van der Waals surface area contributed by atoms with Crippen molar-refractivity contribution in [2.45, 2.75) is 13.3 Å². The summed E-state index contributed by atoms with van der Waals surface area (Å²) in [6.45, 7) is 2.76. The van der Waals surface area contributed by atoms with Crippen LogP contribution in [-0.4, -0.2) is 11.5 Å². The van der Waals surface area contributed by atoms with E-state index in [0.29, 0.717) is 17.7 Å². The Hall–Kier alpha value is -2.24. The maximum Gasteiger partial charge on any atom is 0.182 e. The van der Waals surface area contributed by atoms with E-state index < -0.39 is 17.5 Å². The van der Waals surface area contributed by atoms with Gasteiger partial charge in [0, 0.05) is 18.7 Å². The molecule has 0 unspecified atom stereocenters. The van der Waals surface area contributed by atoms with Gasteiger partial charge in [-0.3, -0.25) is 0 Å². The molecule has 2 N–H and O–H groups in total. The van der Waals surface area contributed by atoms with Gasteiger partial charge in [-0.05, 0) is 18.6 Å². The fourth-order valence-corrected chi connectivity index (χ4v) is 1.64. The third kappa shape index (κ3) is 3.40.